The molecule has 0 unspecified atom stereocenters. The van der Waals surface area contributed by atoms with Crippen LogP contribution in [0.25, 0.3) is 0 Å². The van der Waals surface area contributed by atoms with E-state index in [1.165, 1.54) is 27.6 Å². The van der Waals surface area contributed by atoms with Gasteiger partial charge in [-0.2, -0.15) is 0 Å². The molecule has 0 saturated carbocycles. The first-order valence-corrected chi connectivity index (χ1v) is 5.57. The van der Waals surface area contributed by atoms with Crippen LogP contribution in [-0.2, 0) is 19.5 Å². The van der Waals surface area contributed by atoms with Gasteiger partial charge in [-0.25, -0.2) is 3.71 Å². The van der Waals surface area contributed by atoms with Crippen molar-refractivity contribution in [3.05, 3.63) is 0 Å². The number of carboxylic acid groups (broad SMARTS) is 2. The van der Waals surface area contributed by atoms with E-state index in [9.17, 15) is 9.90 Å². The quantitative estimate of drug-likeness (QED) is 0.541. The summed E-state index contributed by atoms with van der Waals surface area (Å²) in [5.41, 5.74) is 3.92. The molecule has 0 aromatic heterocycles. The minimum Gasteiger partial charge on any atom is -0.530 e. The summed E-state index contributed by atoms with van der Waals surface area (Å²) in [5.74, 6) is 1.50. The number of hydrogen-bond acceptors (Lipinski definition) is 6. The summed E-state index contributed by atoms with van der Waals surface area (Å²) in [6.45, 7) is 3.80. The molecule has 0 radical (unpaired) electrons. The Morgan fingerprint density at radius 1 is 1.20 bits per heavy atom. The fourth-order valence-corrected chi connectivity index (χ4v) is 1.99. The molecule has 0 rings (SSSR count). The summed E-state index contributed by atoms with van der Waals surface area (Å²) in [6, 6.07) is 0. The number of primary amides is 1. The van der Waals surface area contributed by atoms with Gasteiger partial charge in [0.1, 0.15) is 6.09 Å². The van der Waals surface area contributed by atoms with Crippen LogP contribution in [0.15, 0.2) is 0 Å². The number of carbonyl (C=O) groups is 2. The smallest absolute Gasteiger partial charge is 0.530 e. The summed E-state index contributed by atoms with van der Waals surface area (Å²) >= 11 is 2.49. The summed E-state index contributed by atoms with van der Waals surface area (Å²) < 4.78 is 1.17. The molecule has 9 heteroatoms. The second kappa shape index (κ2) is 13.9. The van der Waals surface area contributed by atoms with Crippen LogP contribution >= 0.6 is 23.9 Å². The van der Waals surface area contributed by atoms with Gasteiger partial charge in [0, 0.05) is 11.5 Å². The van der Waals surface area contributed by atoms with E-state index in [1.807, 2.05) is 13.8 Å². The third-order valence-electron chi connectivity index (χ3n) is 0.642. The zero-order valence-electron chi connectivity index (χ0n) is 8.60. The van der Waals surface area contributed by atoms with E-state index in [2.05, 4.69) is 5.73 Å². The van der Waals surface area contributed by atoms with E-state index < -0.39 is 12.2 Å². The molecule has 84 valence electrons. The number of carbonyl (C=O) groups excluding carboxylic acids is 2. The van der Waals surface area contributed by atoms with Crippen molar-refractivity contribution in [1.82, 2.24) is 3.71 Å². The van der Waals surface area contributed by atoms with E-state index in [0.717, 1.165) is 11.5 Å². The zero-order valence-corrected chi connectivity index (χ0v) is 13.2. The fraction of sp³-hybridized carbons (Fsp3) is 0.667. The van der Waals surface area contributed by atoms with Crippen molar-refractivity contribution in [1.29, 1.82) is 0 Å². The molecular weight excluding hydrogens is 294 g/mol. The zero-order chi connectivity index (χ0) is 11.6. The van der Waals surface area contributed by atoms with Gasteiger partial charge in [-0.1, -0.05) is 13.8 Å². The van der Waals surface area contributed by atoms with E-state index in [0.29, 0.717) is 0 Å². The van der Waals surface area contributed by atoms with Gasteiger partial charge >= 0.3 is 19.5 Å². The topological polar surface area (TPSA) is 110 Å². The molecule has 0 bridgehead atoms. The van der Waals surface area contributed by atoms with E-state index >= 15 is 0 Å². The van der Waals surface area contributed by atoms with Crippen molar-refractivity contribution in [2.45, 2.75) is 13.8 Å². The number of amides is 2. The van der Waals surface area contributed by atoms with Crippen LogP contribution < -0.4 is 15.9 Å². The van der Waals surface area contributed by atoms with Crippen molar-refractivity contribution in [3.8, 4) is 0 Å². The summed E-state index contributed by atoms with van der Waals surface area (Å²) in [7, 11) is 0. The molecule has 0 spiro atoms. The van der Waals surface area contributed by atoms with Gasteiger partial charge in [-0.3, -0.25) is 0 Å². The maximum atomic E-state index is 10.3. The molecule has 0 saturated heterocycles. The van der Waals surface area contributed by atoms with Gasteiger partial charge < -0.3 is 25.5 Å². The van der Waals surface area contributed by atoms with Gasteiger partial charge in [0.25, 0.3) is 0 Å². The molecule has 0 fully saturated rings. The minimum atomic E-state index is -1.58. The normalized spacial score (nSPS) is 7.87. The first-order valence-electron chi connectivity index (χ1n) is 3.69. The number of nitrogens with two attached hydrogens (primary N) is 1. The van der Waals surface area contributed by atoms with Crippen molar-refractivity contribution in [2.75, 3.05) is 11.5 Å². The van der Waals surface area contributed by atoms with Gasteiger partial charge in [0.15, 0.2) is 6.09 Å². The van der Waals surface area contributed by atoms with E-state index in [1.54, 1.807) is 0 Å². The Bertz CT molecular complexity index is 175. The molecule has 6 nitrogen and oxygen atoms in total. The molecule has 0 heterocycles. The molecule has 0 aliphatic heterocycles. The van der Waals surface area contributed by atoms with Gasteiger partial charge in [0.2, 0.25) is 0 Å². The largest absolute Gasteiger partial charge is 2.00 e. The fourth-order valence-electron chi connectivity index (χ4n) is 0.377. The molecular formula is C6H12N2O4S2Zn. The molecule has 0 aromatic rings. The van der Waals surface area contributed by atoms with Gasteiger partial charge in [-0.15, -0.1) is 0 Å². The van der Waals surface area contributed by atoms with Crippen LogP contribution in [-0.4, -0.2) is 27.4 Å². The molecule has 15 heavy (non-hydrogen) atoms. The van der Waals surface area contributed by atoms with Crippen molar-refractivity contribution in [3.63, 3.8) is 0 Å². The van der Waals surface area contributed by atoms with Crippen LogP contribution in [0.3, 0.4) is 0 Å². The Balaban J connectivity index is -0.000000249. The van der Waals surface area contributed by atoms with Gasteiger partial charge in [0.05, 0.1) is 0 Å². The number of nitrogens with zero attached hydrogens (tertiary/aromatic N) is 1. The van der Waals surface area contributed by atoms with Crippen LogP contribution in [0.5, 0.6) is 0 Å². The standard InChI is InChI=1S/C5H11NO2S2.CH3NO2.Zn/c1-3-9-6(5(7)8)10-4-2;2-1(3)4;/h3-4H2,1-2H3,(H,7,8);2H2,(H,3,4);/q;;+2/p-2. The maximum Gasteiger partial charge on any atom is 2.00 e. The molecule has 0 aliphatic carbocycles. The summed E-state index contributed by atoms with van der Waals surface area (Å²) in [5, 5.41) is 18.9. The Hall–Kier alpha value is -0.137. The predicted molar refractivity (Wildman–Crippen MR) is 53.1 cm³/mol. The second-order valence-corrected chi connectivity index (χ2v) is 4.31. The first-order chi connectivity index (χ1) is 6.45. The van der Waals surface area contributed by atoms with Crippen molar-refractivity contribution >= 4 is 36.1 Å². The molecule has 0 aromatic carbocycles. The third kappa shape index (κ3) is 20.1. The monoisotopic (exact) mass is 304 g/mol. The molecule has 2 N–H and O–H groups in total. The molecule has 2 amide bonds. The SMILES string of the molecule is CCSN(SCC)C(=O)[O-].NC(=O)[O-].[Zn+2]. The van der Waals surface area contributed by atoms with E-state index in [-0.39, 0.29) is 19.5 Å². The number of rotatable bonds is 4. The van der Waals surface area contributed by atoms with Crippen LogP contribution in [0.4, 0.5) is 9.59 Å². The summed E-state index contributed by atoms with van der Waals surface area (Å²) in [6.07, 6.45) is -2.71. The third-order valence-corrected chi connectivity index (χ3v) is 2.56. The van der Waals surface area contributed by atoms with Crippen molar-refractivity contribution in [2.24, 2.45) is 5.73 Å². The Morgan fingerprint density at radius 3 is 1.60 bits per heavy atom. The second-order valence-electron chi connectivity index (χ2n) is 1.68. The van der Waals surface area contributed by atoms with E-state index in [4.69, 9.17) is 9.90 Å². The van der Waals surface area contributed by atoms with Crippen molar-refractivity contribution < 1.29 is 39.3 Å². The predicted octanol–water partition coefficient (Wildman–Crippen LogP) is -0.746. The number of hydrogen-bond donors (Lipinski definition) is 1. The van der Waals surface area contributed by atoms with Crippen LogP contribution in [0.2, 0.25) is 0 Å². The van der Waals surface area contributed by atoms with Crippen LogP contribution in [0.1, 0.15) is 13.8 Å². The molecule has 0 aliphatic rings. The Morgan fingerprint density at radius 2 is 1.47 bits per heavy atom. The first kappa shape index (κ1) is 20.3. The average Bonchev–Trinajstić information content (AvgIpc) is 2.02. The summed E-state index contributed by atoms with van der Waals surface area (Å²) in [4.78, 5) is 18.9. The van der Waals surface area contributed by atoms with Crippen LogP contribution in [0, 0.1) is 0 Å². The van der Waals surface area contributed by atoms with Gasteiger partial charge in [-0.05, 0) is 23.9 Å². The Kier molecular flexibility index (Phi) is 18.8. The average molecular weight is 306 g/mol. The minimum absolute atomic E-state index is 0. The molecule has 0 atom stereocenters. The Labute approximate surface area is 110 Å². The maximum absolute atomic E-state index is 10.3.